The van der Waals surface area contributed by atoms with Gasteiger partial charge in [-0.1, -0.05) is 11.5 Å². The van der Waals surface area contributed by atoms with E-state index in [0.717, 1.165) is 0 Å². The SMILES string of the molecule is C=C=C=C=C=C=C=C=C=C=C=C=C=C=C=C=C=C[C@H](O)[C@H](C)[NH3+].[Cl-].[HH].[HH].[HH].[HH].[HH].[HH].[HH].[HH].[HH].[HH].[HH].[HH].[HH].[HH].[HH].[HH].[HH].[HH]. The monoisotopic (exact) mass is 365 g/mol. The first-order chi connectivity index (χ1) is 11.2. The van der Waals surface area contributed by atoms with Crippen LogP contribution in [0.1, 0.15) is 32.6 Å². The molecular weight excluding hydrogens is 318 g/mol. The van der Waals surface area contributed by atoms with Crippen LogP contribution < -0.4 is 18.1 Å². The molecule has 0 radical (unpaired) electrons. The zero-order valence-corrected chi connectivity index (χ0v) is 13.7. The van der Waals surface area contributed by atoms with Crippen LogP contribution in [0, 0.1) is 0 Å². The van der Waals surface area contributed by atoms with Crippen LogP contribution in [0.3, 0.4) is 0 Å². The first-order valence-electron chi connectivity index (χ1n) is 6.30. The van der Waals surface area contributed by atoms with E-state index in [0.29, 0.717) is 0 Å². The van der Waals surface area contributed by atoms with Crippen LogP contribution in [0.15, 0.2) is 104 Å². The molecule has 2 nitrogen and oxygen atoms in total. The maximum atomic E-state index is 9.39. The molecule has 0 bridgehead atoms. The van der Waals surface area contributed by atoms with E-state index in [1.54, 1.807) is 6.92 Å². The molecule has 0 unspecified atom stereocenters. The first kappa shape index (κ1) is 22.7. The highest BCUT2D eigenvalue weighted by molar-refractivity contribution is 4.94. The summed E-state index contributed by atoms with van der Waals surface area (Å²) in [4.78, 5) is 0. The number of aliphatic hydroxyl groups excluding tert-OH is 1. The highest BCUT2D eigenvalue weighted by Crippen LogP contribution is 1.86. The van der Waals surface area contributed by atoms with Crippen molar-refractivity contribution in [2.75, 3.05) is 0 Å². The fraction of sp³-hybridized carbons (Fsp3) is 0.143. The van der Waals surface area contributed by atoms with Crippen molar-refractivity contribution in [2.24, 2.45) is 0 Å². The molecule has 150 valence electrons. The molecule has 0 saturated carbocycles. The van der Waals surface area contributed by atoms with Crippen LogP contribution in [-0.4, -0.2) is 17.3 Å². The predicted octanol–water partition coefficient (Wildman–Crippen LogP) is 3.08. The highest BCUT2D eigenvalue weighted by Gasteiger charge is 2.06. The second-order valence-corrected chi connectivity index (χ2v) is 3.71. The van der Waals surface area contributed by atoms with E-state index in [-0.39, 0.29) is 44.1 Å². The van der Waals surface area contributed by atoms with Crippen molar-refractivity contribution in [3.05, 3.63) is 104 Å². The number of hydrogen-bond donors (Lipinski definition) is 2. The van der Waals surface area contributed by atoms with Gasteiger partial charge in [0.1, 0.15) is 12.1 Å². The quantitative estimate of drug-likeness (QED) is 0.726. The number of quaternary nitrogens is 1. The van der Waals surface area contributed by atoms with Gasteiger partial charge in [-0.05, 0) is 93.7 Å². The molecule has 0 heterocycles. The van der Waals surface area contributed by atoms with Gasteiger partial charge in [0.2, 0.25) is 0 Å². The van der Waals surface area contributed by atoms with Crippen LogP contribution in [0.5, 0.6) is 0 Å². The Bertz CT molecular complexity index is 1080. The van der Waals surface area contributed by atoms with Gasteiger partial charge in [-0.15, -0.1) is 0 Å². The average Bonchev–Trinajstić information content (AvgIpc) is 2.54. The summed E-state index contributed by atoms with van der Waals surface area (Å²) in [6.45, 7) is 5.09. The van der Waals surface area contributed by atoms with Gasteiger partial charge in [0.05, 0.1) is 0 Å². The summed E-state index contributed by atoms with van der Waals surface area (Å²) in [6.07, 6.45) is 0.775. The zero-order valence-electron chi connectivity index (χ0n) is 13.0. The van der Waals surface area contributed by atoms with Crippen LogP contribution in [0.4, 0.5) is 0 Å². The van der Waals surface area contributed by atoms with E-state index in [1.807, 2.05) is 0 Å². The van der Waals surface area contributed by atoms with Crippen LogP contribution >= 0.6 is 0 Å². The second-order valence-electron chi connectivity index (χ2n) is 3.71. The molecule has 0 aliphatic rings. The molecule has 4 N–H and O–H groups in total. The van der Waals surface area contributed by atoms with Crippen LogP contribution in [0.2, 0.25) is 0 Å². The molecule has 0 fully saturated rings. The highest BCUT2D eigenvalue weighted by atomic mass is 35.5. The smallest absolute Gasteiger partial charge is 0.131 e. The molecule has 24 heavy (non-hydrogen) atoms. The molecule has 0 amide bonds. The molecule has 0 rings (SSSR count). The summed E-state index contributed by atoms with van der Waals surface area (Å²) in [5.74, 6) is 0. The topological polar surface area (TPSA) is 47.9 Å². The minimum Gasteiger partial charge on any atom is -1.00 e. The third-order valence-corrected chi connectivity index (χ3v) is 1.81. The summed E-state index contributed by atoms with van der Waals surface area (Å²) in [7, 11) is 0. The van der Waals surface area contributed by atoms with Gasteiger partial charge in [-0.3, -0.25) is 0 Å². The minimum absolute atomic E-state index is 0. The molecule has 0 aromatic carbocycles. The van der Waals surface area contributed by atoms with E-state index in [1.165, 1.54) is 6.08 Å². The van der Waals surface area contributed by atoms with E-state index in [9.17, 15) is 5.11 Å². The maximum absolute atomic E-state index is 9.39. The summed E-state index contributed by atoms with van der Waals surface area (Å²) in [5.41, 5.74) is 43.5. The Morgan fingerprint density at radius 3 is 1.46 bits per heavy atom. The summed E-state index contributed by atoms with van der Waals surface area (Å²) >= 11 is 0. The molecule has 0 aromatic rings. The van der Waals surface area contributed by atoms with Gasteiger partial charge >= 0.3 is 0 Å². The van der Waals surface area contributed by atoms with Crippen molar-refractivity contribution in [3.8, 4) is 0 Å². The fourth-order valence-corrected chi connectivity index (χ4v) is 0.747. The number of hydrogen-bond acceptors (Lipinski definition) is 1. The van der Waals surface area contributed by atoms with Crippen LogP contribution in [-0.2, 0) is 0 Å². The Morgan fingerprint density at radius 2 is 1.12 bits per heavy atom. The van der Waals surface area contributed by atoms with E-state index >= 15 is 0 Å². The van der Waals surface area contributed by atoms with Crippen molar-refractivity contribution in [3.63, 3.8) is 0 Å². The third-order valence-electron chi connectivity index (χ3n) is 1.81. The lowest BCUT2D eigenvalue weighted by Crippen LogP contribution is -3.00. The zero-order chi connectivity index (χ0) is 17.2. The lowest BCUT2D eigenvalue weighted by atomic mass is 10.2. The Kier molecular flexibility index (Phi) is 16.5. The van der Waals surface area contributed by atoms with Gasteiger partial charge in [-0.25, -0.2) is 0 Å². The van der Waals surface area contributed by atoms with Crippen molar-refractivity contribution < 1.29 is 48.9 Å². The number of halogens is 1. The molecule has 3 heteroatoms. The molecular formula is C21H48ClNO. The standard InChI is InChI=1S/C21H11NO.ClH.18H2/c1-3-4-5-6-7-8-9-10-11-12-13-14-15-16-17-18-19-21(23)20(2)22;;;;;;;;;;;;;;;;;;;/h19-21,23H,1,22H2,2H3;19*1H/t20-,21-;;;;;;;;;;;;;;;;;;;/m0.................../s1. The third kappa shape index (κ3) is 16.5. The lowest BCUT2D eigenvalue weighted by Gasteiger charge is -2.02. The number of aliphatic hydroxyl groups is 1. The molecule has 0 aromatic heterocycles. The normalized spacial score (nSPS) is 7.96. The van der Waals surface area contributed by atoms with Gasteiger partial charge in [0.25, 0.3) is 0 Å². The lowest BCUT2D eigenvalue weighted by molar-refractivity contribution is -0.427. The van der Waals surface area contributed by atoms with Crippen molar-refractivity contribution in [2.45, 2.75) is 19.1 Å². The van der Waals surface area contributed by atoms with Gasteiger partial charge in [-0.2, -0.15) is 0 Å². The number of rotatable bonds is 2. The van der Waals surface area contributed by atoms with Gasteiger partial charge < -0.3 is 23.2 Å². The molecule has 0 aliphatic heterocycles. The van der Waals surface area contributed by atoms with Crippen molar-refractivity contribution >= 4 is 0 Å². The molecule has 0 spiro atoms. The average molecular weight is 366 g/mol. The molecule has 2 atom stereocenters. The Morgan fingerprint density at radius 1 is 0.792 bits per heavy atom. The van der Waals surface area contributed by atoms with Crippen LogP contribution in [0.25, 0.3) is 0 Å². The summed E-state index contributed by atoms with van der Waals surface area (Å²) in [5, 5.41) is 9.39. The first-order valence-corrected chi connectivity index (χ1v) is 6.30. The van der Waals surface area contributed by atoms with E-state index < -0.39 is 6.10 Å². The minimum atomic E-state index is -0.662. The Balaban J connectivity index is -0.0000000142. The Labute approximate surface area is 173 Å². The van der Waals surface area contributed by atoms with E-state index in [2.05, 4.69) is 104 Å². The second kappa shape index (κ2) is 17.5. The molecule has 0 saturated heterocycles. The van der Waals surface area contributed by atoms with Gasteiger partial charge in [0, 0.05) is 31.8 Å². The summed E-state index contributed by atoms with van der Waals surface area (Å²) in [6, 6.07) is -0.118. The predicted molar refractivity (Wildman–Crippen MR) is 123 cm³/mol. The Hall–Kier alpha value is -3.57. The van der Waals surface area contributed by atoms with Crippen molar-refractivity contribution in [1.82, 2.24) is 0 Å². The fourth-order valence-electron chi connectivity index (χ4n) is 0.747. The molecule has 0 aliphatic carbocycles. The summed E-state index contributed by atoms with van der Waals surface area (Å²) < 4.78 is 0. The van der Waals surface area contributed by atoms with E-state index in [4.69, 9.17) is 0 Å². The van der Waals surface area contributed by atoms with Crippen molar-refractivity contribution in [1.29, 1.82) is 0 Å². The van der Waals surface area contributed by atoms with Gasteiger partial charge in [0.15, 0.2) is 0 Å². The maximum Gasteiger partial charge on any atom is 0.131 e. The largest absolute Gasteiger partial charge is 1.00 e.